The number of thiocarbonyl (C=S) groups is 1. The van der Waals surface area contributed by atoms with Gasteiger partial charge in [-0.2, -0.15) is 0 Å². The van der Waals surface area contributed by atoms with Gasteiger partial charge in [0, 0.05) is 11.6 Å². The second kappa shape index (κ2) is 7.33. The lowest BCUT2D eigenvalue weighted by atomic mass is 10.0. The average Bonchev–Trinajstić information content (AvgIpc) is 2.37. The molecule has 6 heteroatoms. The minimum Gasteiger partial charge on any atom is -0.389 e. The van der Waals surface area contributed by atoms with Crippen LogP contribution in [0, 0.1) is 12.8 Å². The highest BCUT2D eigenvalue weighted by atomic mass is 32.2. The molecular formula is C15H24N2O2S2. The Morgan fingerprint density at radius 3 is 2.48 bits per heavy atom. The molecule has 4 nitrogen and oxygen atoms in total. The van der Waals surface area contributed by atoms with Crippen molar-refractivity contribution in [1.29, 1.82) is 0 Å². The van der Waals surface area contributed by atoms with Crippen molar-refractivity contribution in [3.05, 3.63) is 29.3 Å². The van der Waals surface area contributed by atoms with E-state index in [1.54, 1.807) is 25.1 Å². The monoisotopic (exact) mass is 328 g/mol. The Morgan fingerprint density at radius 2 is 2.00 bits per heavy atom. The Hall–Kier alpha value is -0.980. The third kappa shape index (κ3) is 5.05. The Balaban J connectivity index is 2.93. The highest BCUT2D eigenvalue weighted by molar-refractivity contribution is 7.89. The lowest BCUT2D eigenvalue weighted by Crippen LogP contribution is -2.33. The molecule has 0 radical (unpaired) electrons. The largest absolute Gasteiger partial charge is 0.389 e. The van der Waals surface area contributed by atoms with Crippen molar-refractivity contribution >= 4 is 27.2 Å². The smallest absolute Gasteiger partial charge is 0.240 e. The van der Waals surface area contributed by atoms with E-state index >= 15 is 0 Å². The molecule has 21 heavy (non-hydrogen) atoms. The van der Waals surface area contributed by atoms with Crippen LogP contribution in [-0.2, 0) is 10.0 Å². The second-order valence-corrected chi connectivity index (χ2v) is 7.77. The normalized spacial score (nSPS) is 14.7. The third-order valence-electron chi connectivity index (χ3n) is 3.58. The van der Waals surface area contributed by atoms with Crippen molar-refractivity contribution < 1.29 is 8.42 Å². The first-order valence-corrected chi connectivity index (χ1v) is 8.99. The quantitative estimate of drug-likeness (QED) is 0.755. The van der Waals surface area contributed by atoms with Crippen LogP contribution in [0.3, 0.4) is 0 Å². The molecule has 0 saturated carbocycles. The van der Waals surface area contributed by atoms with Crippen molar-refractivity contribution in [1.82, 2.24) is 4.72 Å². The van der Waals surface area contributed by atoms with E-state index in [1.165, 1.54) is 0 Å². The van der Waals surface area contributed by atoms with Crippen LogP contribution in [0.25, 0.3) is 0 Å². The van der Waals surface area contributed by atoms with Crippen LogP contribution in [0.2, 0.25) is 0 Å². The van der Waals surface area contributed by atoms with Gasteiger partial charge in [-0.3, -0.25) is 0 Å². The van der Waals surface area contributed by atoms with Gasteiger partial charge in [0.2, 0.25) is 10.0 Å². The van der Waals surface area contributed by atoms with Gasteiger partial charge in [-0.1, -0.05) is 38.6 Å². The first kappa shape index (κ1) is 18.1. The minimum absolute atomic E-state index is 0.0967. The van der Waals surface area contributed by atoms with Gasteiger partial charge in [-0.15, -0.1) is 0 Å². The van der Waals surface area contributed by atoms with Crippen LogP contribution in [0.4, 0.5) is 0 Å². The molecule has 3 N–H and O–H groups in total. The van der Waals surface area contributed by atoms with Gasteiger partial charge >= 0.3 is 0 Å². The summed E-state index contributed by atoms with van der Waals surface area (Å²) in [5, 5.41) is 0. The number of hydrogen-bond donors (Lipinski definition) is 2. The van der Waals surface area contributed by atoms with Gasteiger partial charge in [-0.25, -0.2) is 13.1 Å². The van der Waals surface area contributed by atoms with Gasteiger partial charge in [-0.05, 0) is 43.9 Å². The van der Waals surface area contributed by atoms with E-state index in [4.69, 9.17) is 18.0 Å². The Kier molecular flexibility index (Phi) is 6.31. The number of nitrogens with one attached hydrogen (secondary N) is 1. The molecule has 0 aliphatic carbocycles. The summed E-state index contributed by atoms with van der Waals surface area (Å²) in [5.41, 5.74) is 7.06. The molecule has 0 bridgehead atoms. The van der Waals surface area contributed by atoms with Crippen LogP contribution < -0.4 is 10.5 Å². The molecule has 0 aromatic heterocycles. The summed E-state index contributed by atoms with van der Waals surface area (Å²) in [6, 6.07) is 4.71. The second-order valence-electron chi connectivity index (χ2n) is 5.61. The zero-order chi connectivity index (χ0) is 16.2. The Labute approximate surface area is 133 Å². The van der Waals surface area contributed by atoms with Gasteiger partial charge in [0.25, 0.3) is 0 Å². The van der Waals surface area contributed by atoms with Crippen LogP contribution in [0.15, 0.2) is 23.1 Å². The lowest BCUT2D eigenvalue weighted by Gasteiger charge is -2.18. The topological polar surface area (TPSA) is 72.2 Å². The number of benzene rings is 1. The summed E-state index contributed by atoms with van der Waals surface area (Å²) in [6.45, 7) is 7.91. The molecule has 0 fully saturated rings. The molecule has 0 spiro atoms. The highest BCUT2D eigenvalue weighted by Crippen LogP contribution is 2.17. The zero-order valence-corrected chi connectivity index (χ0v) is 14.6. The maximum absolute atomic E-state index is 12.4. The summed E-state index contributed by atoms with van der Waals surface area (Å²) >= 11 is 4.93. The Morgan fingerprint density at radius 1 is 1.38 bits per heavy atom. The summed E-state index contributed by atoms with van der Waals surface area (Å²) in [4.78, 5) is 0.519. The SMILES string of the molecule is CCC(C)CC(C)NS(=O)(=O)c1ccc(C(N)=S)c(C)c1. The van der Waals surface area contributed by atoms with Crippen LogP contribution in [0.5, 0.6) is 0 Å². The number of rotatable bonds is 7. The van der Waals surface area contributed by atoms with E-state index in [-0.39, 0.29) is 15.9 Å². The summed E-state index contributed by atoms with van der Waals surface area (Å²) < 4.78 is 27.5. The van der Waals surface area contributed by atoms with E-state index in [0.717, 1.165) is 18.4 Å². The van der Waals surface area contributed by atoms with Crippen molar-refractivity contribution in [2.45, 2.75) is 51.5 Å². The van der Waals surface area contributed by atoms with Gasteiger partial charge in [0.1, 0.15) is 4.99 Å². The van der Waals surface area contributed by atoms with Crippen LogP contribution >= 0.6 is 12.2 Å². The number of nitrogens with two attached hydrogens (primary N) is 1. The van der Waals surface area contributed by atoms with Crippen molar-refractivity contribution in [3.63, 3.8) is 0 Å². The lowest BCUT2D eigenvalue weighted by molar-refractivity contribution is 0.445. The predicted molar refractivity (Wildman–Crippen MR) is 90.9 cm³/mol. The van der Waals surface area contributed by atoms with Gasteiger partial charge in [0.15, 0.2) is 0 Å². The fraction of sp³-hybridized carbons (Fsp3) is 0.533. The molecule has 118 valence electrons. The molecule has 2 atom stereocenters. The van der Waals surface area contributed by atoms with E-state index in [9.17, 15) is 8.42 Å². The van der Waals surface area contributed by atoms with Gasteiger partial charge < -0.3 is 5.73 Å². The molecule has 2 unspecified atom stereocenters. The van der Waals surface area contributed by atoms with E-state index in [2.05, 4.69) is 18.6 Å². The van der Waals surface area contributed by atoms with Crippen molar-refractivity contribution in [3.8, 4) is 0 Å². The highest BCUT2D eigenvalue weighted by Gasteiger charge is 2.19. The van der Waals surface area contributed by atoms with Crippen molar-refractivity contribution in [2.24, 2.45) is 11.7 Å². The molecule has 1 rings (SSSR count). The molecule has 0 saturated heterocycles. The van der Waals surface area contributed by atoms with Crippen molar-refractivity contribution in [2.75, 3.05) is 0 Å². The zero-order valence-electron chi connectivity index (χ0n) is 13.0. The first-order valence-electron chi connectivity index (χ1n) is 7.10. The fourth-order valence-corrected chi connectivity index (χ4v) is 3.80. The number of aryl methyl sites for hydroxylation is 1. The minimum atomic E-state index is -3.51. The molecule has 0 aliphatic heterocycles. The summed E-state index contributed by atoms with van der Waals surface area (Å²) in [7, 11) is -3.51. The van der Waals surface area contributed by atoms with E-state index < -0.39 is 10.0 Å². The summed E-state index contributed by atoms with van der Waals surface area (Å²) in [5.74, 6) is 0.487. The Bertz CT molecular complexity index is 612. The first-order chi connectivity index (χ1) is 9.67. The maximum Gasteiger partial charge on any atom is 0.240 e. The summed E-state index contributed by atoms with van der Waals surface area (Å²) in [6.07, 6.45) is 1.85. The molecule has 0 aliphatic rings. The molecule has 1 aromatic rings. The number of sulfonamides is 1. The van der Waals surface area contributed by atoms with E-state index in [0.29, 0.717) is 11.5 Å². The van der Waals surface area contributed by atoms with Crippen LogP contribution in [0.1, 0.15) is 44.7 Å². The molecular weight excluding hydrogens is 304 g/mol. The third-order valence-corrected chi connectivity index (χ3v) is 5.39. The van der Waals surface area contributed by atoms with E-state index in [1.807, 2.05) is 6.92 Å². The predicted octanol–water partition coefficient (Wildman–Crippen LogP) is 2.73. The van der Waals surface area contributed by atoms with Gasteiger partial charge in [0.05, 0.1) is 4.90 Å². The fourth-order valence-electron chi connectivity index (χ4n) is 2.23. The standard InChI is InChI=1S/C15H24N2O2S2/c1-5-10(2)8-12(4)17-21(18,19)13-6-7-14(15(16)20)11(3)9-13/h6-7,9-10,12,17H,5,8H2,1-4H3,(H2,16,20). The molecule has 1 aromatic carbocycles. The molecule has 0 heterocycles. The molecule has 0 amide bonds. The maximum atomic E-state index is 12.4. The number of hydrogen-bond acceptors (Lipinski definition) is 3. The average molecular weight is 329 g/mol. The van der Waals surface area contributed by atoms with Crippen LogP contribution in [-0.4, -0.2) is 19.4 Å².